The second kappa shape index (κ2) is 16.5. The van der Waals surface area contributed by atoms with Gasteiger partial charge < -0.3 is 8.98 Å². The minimum absolute atomic E-state index is 0. The number of aromatic nitrogens is 4. The van der Waals surface area contributed by atoms with Gasteiger partial charge in [0.25, 0.3) is 0 Å². The molecule has 58 heavy (non-hydrogen) atoms. The Kier molecular flexibility index (Phi) is 11.0. The summed E-state index contributed by atoms with van der Waals surface area (Å²) in [4.78, 5) is 13.8. The summed E-state index contributed by atoms with van der Waals surface area (Å²) < 4.78 is 25.5. The normalized spacial score (nSPS) is 11.3. The van der Waals surface area contributed by atoms with Crippen LogP contribution >= 0.6 is 0 Å². The minimum atomic E-state index is -1.72. The van der Waals surface area contributed by atoms with E-state index in [1.807, 2.05) is 95.7 Å². The van der Waals surface area contributed by atoms with Gasteiger partial charge in [0.2, 0.25) is 0 Å². The van der Waals surface area contributed by atoms with E-state index in [0.29, 0.717) is 28.0 Å². The molecule has 6 aromatic carbocycles. The van der Waals surface area contributed by atoms with Gasteiger partial charge in [0.15, 0.2) is 0 Å². The average molecular weight is 994 g/mol. The van der Waals surface area contributed by atoms with Crippen LogP contribution in [0.25, 0.3) is 83.6 Å². The Bertz CT molecular complexity index is 3000. The third kappa shape index (κ3) is 7.57. The number of rotatable bonds is 6. The molecular weight excluding hydrogens is 956 g/mol. The molecule has 0 bridgehead atoms. The SMILES string of the molecule is Fc1cccc2nc(-c3[c-]ccc4c3oc3ccncc34)n(-c3cc(-c4ccccc4)ccc3-c3ccccc3)c12.[CH3][Ge]([CH3])([CH3])[c]1ccc(-c2[c-]cccc2)nc1.[Ir]. The van der Waals surface area contributed by atoms with Crippen LogP contribution in [0.5, 0.6) is 0 Å². The molecule has 0 saturated heterocycles. The molecule has 0 aliphatic carbocycles. The van der Waals surface area contributed by atoms with E-state index >= 15 is 4.39 Å². The van der Waals surface area contributed by atoms with Gasteiger partial charge in [-0.1, -0.05) is 89.8 Å². The Hall–Kier alpha value is -5.99. The van der Waals surface area contributed by atoms with Gasteiger partial charge in [0.05, 0.1) is 22.4 Å². The Morgan fingerprint density at radius 2 is 1.45 bits per heavy atom. The molecule has 5 nitrogen and oxygen atoms in total. The summed E-state index contributed by atoms with van der Waals surface area (Å²) in [5.74, 6) is 7.33. The number of halogens is 1. The maximum atomic E-state index is 15.8. The largest absolute Gasteiger partial charge is 0 e. The Morgan fingerprint density at radius 1 is 0.672 bits per heavy atom. The van der Waals surface area contributed by atoms with E-state index in [1.54, 1.807) is 18.5 Å². The standard InChI is InChI=1S/C36H21FN3O.C14H16GeN.Ir/c37-30-15-8-16-31-34(30)40(36(39-31)28-14-7-13-27-29-22-38-20-19-33(29)41-35(27)28)32-21-25(23-9-3-1-4-10-23)17-18-26(32)24-11-5-2-6-12-24;1-15(2,3)13-9-10-14(16-11-13)12-7-5-4-6-8-12;/h1-13,15-22H;4-7,9-11H,1-3H3;/q2*-1;. The number of hydrogen-bond donors (Lipinski definition) is 0. The van der Waals surface area contributed by atoms with Gasteiger partial charge in [-0.25, -0.2) is 4.39 Å². The van der Waals surface area contributed by atoms with E-state index in [-0.39, 0.29) is 25.9 Å². The zero-order valence-electron chi connectivity index (χ0n) is 32.1. The van der Waals surface area contributed by atoms with Crippen LogP contribution in [0.3, 0.4) is 0 Å². The third-order valence-electron chi connectivity index (χ3n) is 10.1. The van der Waals surface area contributed by atoms with Crippen LogP contribution in [0, 0.1) is 17.9 Å². The van der Waals surface area contributed by atoms with E-state index in [9.17, 15) is 0 Å². The Labute approximate surface area is 353 Å². The summed E-state index contributed by atoms with van der Waals surface area (Å²) in [5.41, 5.74) is 9.89. The summed E-state index contributed by atoms with van der Waals surface area (Å²) in [6, 6.07) is 56.2. The number of nitrogens with zero attached hydrogens (tertiary/aromatic N) is 4. The van der Waals surface area contributed by atoms with Gasteiger partial charge in [0.1, 0.15) is 11.4 Å². The van der Waals surface area contributed by atoms with E-state index in [4.69, 9.17) is 9.40 Å². The number of para-hydroxylation sites is 1. The second-order valence-corrected chi connectivity index (χ2v) is 25.5. The van der Waals surface area contributed by atoms with Crippen molar-refractivity contribution in [3.05, 3.63) is 188 Å². The first-order chi connectivity index (χ1) is 27.8. The number of benzene rings is 6. The summed E-state index contributed by atoms with van der Waals surface area (Å²) in [7, 11) is 0. The molecular formula is C50H37FGeIrN4O-2. The molecule has 10 aromatic rings. The van der Waals surface area contributed by atoms with Crippen LogP contribution in [0.2, 0.25) is 17.3 Å². The first kappa shape index (κ1) is 38.9. The summed E-state index contributed by atoms with van der Waals surface area (Å²) in [6.45, 7) is 0. The fourth-order valence-electron chi connectivity index (χ4n) is 7.18. The van der Waals surface area contributed by atoms with E-state index < -0.39 is 13.3 Å². The first-order valence-corrected chi connectivity index (χ1v) is 26.2. The van der Waals surface area contributed by atoms with Crippen LogP contribution in [-0.2, 0) is 20.1 Å². The second-order valence-electron chi connectivity index (χ2n) is 14.9. The van der Waals surface area contributed by atoms with Gasteiger partial charge in [0, 0.05) is 49.1 Å². The molecule has 0 spiro atoms. The minimum Gasteiger partial charge on any atom is 0 e. The molecule has 285 valence electrons. The van der Waals surface area contributed by atoms with Crippen molar-refractivity contribution in [2.75, 3.05) is 0 Å². The van der Waals surface area contributed by atoms with Crippen LogP contribution < -0.4 is 4.40 Å². The number of hydrogen-bond acceptors (Lipinski definition) is 4. The zero-order chi connectivity index (χ0) is 38.9. The molecule has 4 aromatic heterocycles. The molecule has 1 radical (unpaired) electrons. The van der Waals surface area contributed by atoms with Gasteiger partial charge in [-0.2, -0.15) is 0 Å². The van der Waals surface area contributed by atoms with Gasteiger partial charge in [-0.3, -0.25) is 9.97 Å². The van der Waals surface area contributed by atoms with Crippen molar-refractivity contribution in [2.45, 2.75) is 17.3 Å². The summed E-state index contributed by atoms with van der Waals surface area (Å²) in [6.07, 6.45) is 5.54. The summed E-state index contributed by atoms with van der Waals surface area (Å²) in [5, 5.41) is 1.81. The molecule has 0 amide bonds. The summed E-state index contributed by atoms with van der Waals surface area (Å²) >= 11 is -1.72. The number of pyridine rings is 2. The van der Waals surface area contributed by atoms with Crippen molar-refractivity contribution < 1.29 is 28.9 Å². The van der Waals surface area contributed by atoms with Crippen molar-refractivity contribution in [1.29, 1.82) is 0 Å². The van der Waals surface area contributed by atoms with Crippen molar-refractivity contribution >= 4 is 50.6 Å². The van der Waals surface area contributed by atoms with E-state index in [0.717, 1.165) is 55.6 Å². The van der Waals surface area contributed by atoms with Crippen molar-refractivity contribution in [3.8, 4) is 50.6 Å². The number of furan rings is 1. The van der Waals surface area contributed by atoms with Crippen molar-refractivity contribution in [2.24, 2.45) is 0 Å². The van der Waals surface area contributed by atoms with Crippen LogP contribution in [0.4, 0.5) is 4.39 Å². The Morgan fingerprint density at radius 3 is 2.17 bits per heavy atom. The fraction of sp³-hybridized carbons (Fsp3) is 0.0600. The molecule has 4 heterocycles. The molecule has 8 heteroatoms. The quantitative estimate of drug-likeness (QED) is 0.123. The third-order valence-corrected chi connectivity index (χ3v) is 14.4. The topological polar surface area (TPSA) is 56.7 Å². The van der Waals surface area contributed by atoms with Crippen LogP contribution in [0.1, 0.15) is 0 Å². The predicted octanol–water partition coefficient (Wildman–Crippen LogP) is 12.4. The average Bonchev–Trinajstić information content (AvgIpc) is 3.84. The van der Waals surface area contributed by atoms with Gasteiger partial charge in [-0.05, 0) is 41.0 Å². The fourth-order valence-corrected chi connectivity index (χ4v) is 9.35. The molecule has 0 aliphatic rings. The monoisotopic (exact) mass is 995 g/mol. The van der Waals surface area contributed by atoms with E-state index in [1.165, 1.54) is 10.5 Å². The first-order valence-electron chi connectivity index (χ1n) is 18.9. The number of imidazole rings is 1. The Balaban J connectivity index is 0.000000233. The molecule has 10 rings (SSSR count). The van der Waals surface area contributed by atoms with Crippen LogP contribution in [-0.4, -0.2) is 32.8 Å². The molecule has 0 N–H and O–H groups in total. The zero-order valence-corrected chi connectivity index (χ0v) is 36.6. The van der Waals surface area contributed by atoms with Crippen molar-refractivity contribution in [3.63, 3.8) is 0 Å². The molecule has 0 unspecified atom stereocenters. The van der Waals surface area contributed by atoms with Crippen molar-refractivity contribution in [1.82, 2.24) is 19.5 Å². The predicted molar refractivity (Wildman–Crippen MR) is 233 cm³/mol. The van der Waals surface area contributed by atoms with Crippen LogP contribution in [0.15, 0.2) is 175 Å². The smallest absolute Gasteiger partial charge is 0 e. The molecule has 0 fully saturated rings. The molecule has 0 aliphatic heterocycles. The number of fused-ring (bicyclic) bond motifs is 4. The molecule has 0 saturated carbocycles. The van der Waals surface area contributed by atoms with Gasteiger partial charge in [-0.15, -0.1) is 18.2 Å². The van der Waals surface area contributed by atoms with E-state index in [2.05, 4.69) is 94.0 Å². The van der Waals surface area contributed by atoms with Gasteiger partial charge >= 0.3 is 99.8 Å². The maximum absolute atomic E-state index is 15.8. The molecule has 0 atom stereocenters. The maximum Gasteiger partial charge on any atom is 0 e.